The van der Waals surface area contributed by atoms with Crippen molar-refractivity contribution in [1.82, 2.24) is 0 Å². The number of aliphatic hydroxyl groups is 1. The second-order valence-electron chi connectivity index (χ2n) is 3.13. The number of methoxy groups -OCH3 is 1. The van der Waals surface area contributed by atoms with E-state index in [9.17, 15) is 5.11 Å². The lowest BCUT2D eigenvalue weighted by Crippen LogP contribution is -2.21. The number of aliphatic hydroxyl groups excluding tert-OH is 1. The Hall–Kier alpha value is -1.12. The molecule has 0 unspecified atom stereocenters. The van der Waals surface area contributed by atoms with Crippen LogP contribution in [0.2, 0.25) is 0 Å². The molecule has 0 bridgehead atoms. The molecule has 0 radical (unpaired) electrons. The number of rotatable bonds is 1. The zero-order valence-corrected chi connectivity index (χ0v) is 7.47. The summed E-state index contributed by atoms with van der Waals surface area (Å²) in [5.41, 5.74) is 2.01. The van der Waals surface area contributed by atoms with Crippen molar-refractivity contribution >= 4 is 6.08 Å². The fourth-order valence-electron chi connectivity index (χ4n) is 1.62. The number of ether oxygens (including phenoxy) is 1. The fraction of sp³-hybridized carbons (Fsp3) is 0.273. The summed E-state index contributed by atoms with van der Waals surface area (Å²) in [7, 11) is 1.60. The van der Waals surface area contributed by atoms with Crippen LogP contribution in [0.5, 0.6) is 0 Å². The summed E-state index contributed by atoms with van der Waals surface area (Å²) >= 11 is 0. The molecular formula is C11H12O2. The second-order valence-corrected chi connectivity index (χ2v) is 3.13. The third-order valence-corrected chi connectivity index (χ3v) is 2.36. The van der Waals surface area contributed by atoms with E-state index in [4.69, 9.17) is 4.74 Å². The SMILES string of the molecule is CO[C@H]1C=Cc2ccccc2[C@H]1O. The van der Waals surface area contributed by atoms with Crippen LogP contribution in [0.25, 0.3) is 6.08 Å². The van der Waals surface area contributed by atoms with Gasteiger partial charge in [-0.3, -0.25) is 0 Å². The maximum atomic E-state index is 9.84. The molecule has 0 spiro atoms. The predicted octanol–water partition coefficient (Wildman–Crippen LogP) is 1.76. The van der Waals surface area contributed by atoms with E-state index in [-0.39, 0.29) is 6.10 Å². The number of hydrogen-bond donors (Lipinski definition) is 1. The van der Waals surface area contributed by atoms with Crippen LogP contribution in [-0.4, -0.2) is 18.3 Å². The normalized spacial score (nSPS) is 25.7. The van der Waals surface area contributed by atoms with Crippen LogP contribution in [0.3, 0.4) is 0 Å². The van der Waals surface area contributed by atoms with Crippen molar-refractivity contribution in [3.05, 3.63) is 41.5 Å². The van der Waals surface area contributed by atoms with Crippen LogP contribution >= 0.6 is 0 Å². The Bertz CT molecular complexity index is 331. The van der Waals surface area contributed by atoms with Crippen LogP contribution in [-0.2, 0) is 4.74 Å². The Balaban J connectivity index is 2.42. The van der Waals surface area contributed by atoms with Gasteiger partial charge in [-0.15, -0.1) is 0 Å². The fourth-order valence-corrected chi connectivity index (χ4v) is 1.62. The molecular weight excluding hydrogens is 164 g/mol. The Kier molecular flexibility index (Phi) is 2.17. The summed E-state index contributed by atoms with van der Waals surface area (Å²) in [6.45, 7) is 0. The molecule has 1 N–H and O–H groups in total. The van der Waals surface area contributed by atoms with Gasteiger partial charge in [0.05, 0.1) is 0 Å². The molecule has 1 aromatic carbocycles. The first kappa shape index (κ1) is 8.48. The van der Waals surface area contributed by atoms with E-state index in [1.54, 1.807) is 7.11 Å². The maximum absolute atomic E-state index is 9.84. The molecule has 2 heteroatoms. The Morgan fingerprint density at radius 3 is 2.85 bits per heavy atom. The van der Waals surface area contributed by atoms with Crippen molar-refractivity contribution in [3.8, 4) is 0 Å². The summed E-state index contributed by atoms with van der Waals surface area (Å²) in [4.78, 5) is 0. The molecule has 0 saturated carbocycles. The van der Waals surface area contributed by atoms with Crippen LogP contribution in [0.1, 0.15) is 17.2 Å². The molecule has 0 saturated heterocycles. The molecule has 68 valence electrons. The predicted molar refractivity (Wildman–Crippen MR) is 51.2 cm³/mol. The summed E-state index contributed by atoms with van der Waals surface area (Å²) in [5, 5.41) is 9.84. The number of hydrogen-bond acceptors (Lipinski definition) is 2. The lowest BCUT2D eigenvalue weighted by Gasteiger charge is -2.24. The maximum Gasteiger partial charge on any atom is 0.109 e. The van der Waals surface area contributed by atoms with Gasteiger partial charge in [0.25, 0.3) is 0 Å². The van der Waals surface area contributed by atoms with E-state index in [1.807, 2.05) is 36.4 Å². The van der Waals surface area contributed by atoms with Gasteiger partial charge in [-0.05, 0) is 11.1 Å². The van der Waals surface area contributed by atoms with E-state index in [0.717, 1.165) is 11.1 Å². The highest BCUT2D eigenvalue weighted by Crippen LogP contribution is 2.28. The van der Waals surface area contributed by atoms with Crippen LogP contribution < -0.4 is 0 Å². The second kappa shape index (κ2) is 3.32. The first-order valence-corrected chi connectivity index (χ1v) is 4.31. The van der Waals surface area contributed by atoms with Crippen molar-refractivity contribution in [1.29, 1.82) is 0 Å². The average Bonchev–Trinajstić information content (AvgIpc) is 2.19. The molecule has 1 aromatic rings. The Labute approximate surface area is 77.5 Å². The third kappa shape index (κ3) is 1.39. The summed E-state index contributed by atoms with van der Waals surface area (Å²) in [5.74, 6) is 0. The van der Waals surface area contributed by atoms with E-state index in [0.29, 0.717) is 0 Å². The molecule has 0 aromatic heterocycles. The van der Waals surface area contributed by atoms with Gasteiger partial charge in [0.15, 0.2) is 0 Å². The molecule has 13 heavy (non-hydrogen) atoms. The average molecular weight is 176 g/mol. The number of benzene rings is 1. The van der Waals surface area contributed by atoms with Crippen LogP contribution in [0.4, 0.5) is 0 Å². The lowest BCUT2D eigenvalue weighted by atomic mass is 9.93. The van der Waals surface area contributed by atoms with Gasteiger partial charge in [0.2, 0.25) is 0 Å². The molecule has 2 rings (SSSR count). The van der Waals surface area contributed by atoms with E-state index in [1.165, 1.54) is 0 Å². The highest BCUT2D eigenvalue weighted by molar-refractivity contribution is 5.58. The monoisotopic (exact) mass is 176 g/mol. The third-order valence-electron chi connectivity index (χ3n) is 2.36. The Morgan fingerprint density at radius 2 is 2.08 bits per heavy atom. The van der Waals surface area contributed by atoms with E-state index in [2.05, 4.69) is 0 Å². The first-order valence-electron chi connectivity index (χ1n) is 4.31. The smallest absolute Gasteiger partial charge is 0.109 e. The van der Waals surface area contributed by atoms with Crippen molar-refractivity contribution in [2.45, 2.75) is 12.2 Å². The van der Waals surface area contributed by atoms with Gasteiger partial charge >= 0.3 is 0 Å². The van der Waals surface area contributed by atoms with E-state index >= 15 is 0 Å². The van der Waals surface area contributed by atoms with Gasteiger partial charge in [0, 0.05) is 7.11 Å². The standard InChI is InChI=1S/C11H12O2/c1-13-10-7-6-8-4-2-3-5-9(8)11(10)12/h2-7,10-12H,1H3/t10-,11+/m0/s1. The molecule has 1 aliphatic carbocycles. The molecule has 1 aliphatic rings. The molecule has 0 fully saturated rings. The van der Waals surface area contributed by atoms with Crippen molar-refractivity contribution in [2.24, 2.45) is 0 Å². The summed E-state index contributed by atoms with van der Waals surface area (Å²) in [6.07, 6.45) is 3.12. The number of fused-ring (bicyclic) bond motifs is 1. The van der Waals surface area contributed by atoms with Crippen molar-refractivity contribution < 1.29 is 9.84 Å². The molecule has 0 heterocycles. The minimum absolute atomic E-state index is 0.213. The Morgan fingerprint density at radius 1 is 1.31 bits per heavy atom. The zero-order chi connectivity index (χ0) is 9.26. The quantitative estimate of drug-likeness (QED) is 0.706. The van der Waals surface area contributed by atoms with Crippen LogP contribution in [0.15, 0.2) is 30.3 Å². The van der Waals surface area contributed by atoms with Gasteiger partial charge in [0.1, 0.15) is 12.2 Å². The summed E-state index contributed by atoms with van der Waals surface area (Å²) in [6, 6.07) is 7.80. The minimum Gasteiger partial charge on any atom is -0.385 e. The minimum atomic E-state index is -0.536. The molecule has 2 atom stereocenters. The first-order chi connectivity index (χ1) is 6.33. The largest absolute Gasteiger partial charge is 0.385 e. The molecule has 0 amide bonds. The van der Waals surface area contributed by atoms with Gasteiger partial charge < -0.3 is 9.84 Å². The highest BCUT2D eigenvalue weighted by Gasteiger charge is 2.22. The van der Waals surface area contributed by atoms with Crippen molar-refractivity contribution in [2.75, 3.05) is 7.11 Å². The lowest BCUT2D eigenvalue weighted by molar-refractivity contribution is 0.0150. The van der Waals surface area contributed by atoms with Crippen LogP contribution in [0, 0.1) is 0 Å². The molecule has 2 nitrogen and oxygen atoms in total. The van der Waals surface area contributed by atoms with Gasteiger partial charge in [-0.25, -0.2) is 0 Å². The summed E-state index contributed by atoms with van der Waals surface area (Å²) < 4.78 is 5.12. The zero-order valence-electron chi connectivity index (χ0n) is 7.47. The highest BCUT2D eigenvalue weighted by atomic mass is 16.5. The van der Waals surface area contributed by atoms with E-state index < -0.39 is 6.10 Å². The van der Waals surface area contributed by atoms with Gasteiger partial charge in [-0.2, -0.15) is 0 Å². The van der Waals surface area contributed by atoms with Crippen molar-refractivity contribution in [3.63, 3.8) is 0 Å². The van der Waals surface area contributed by atoms with Gasteiger partial charge in [-0.1, -0.05) is 36.4 Å². The molecule has 0 aliphatic heterocycles. The topological polar surface area (TPSA) is 29.5 Å².